The molecule has 3 atom stereocenters. The fourth-order valence-electron chi connectivity index (χ4n) is 5.07. The molecule has 4 rings (SSSR count). The smallest absolute Gasteiger partial charge is 0.254 e. The number of aliphatic hydroxyl groups excluding tert-OH is 1. The number of phenolic OH excluding ortho intramolecular Hbond substituents is 1. The van der Waals surface area contributed by atoms with Gasteiger partial charge >= 0.3 is 0 Å². The van der Waals surface area contributed by atoms with Crippen LogP contribution in [-0.2, 0) is 22.6 Å². The van der Waals surface area contributed by atoms with Gasteiger partial charge in [0.2, 0.25) is 5.91 Å². The molecular weight excluding hydrogens is 538 g/mol. The highest BCUT2D eigenvalue weighted by Gasteiger charge is 2.49. The standard InChI is InChI=1S/C32H37N3O5S/c1-20-11-8-9-14-23(20)18-33-30(39)28-32(3,4)41-19-35(28)31(40)27(37)25(17-22-12-6-5-7-13-22)34-29(38)24-15-10-16-26(36)21(24)2/h5-16,25,27-28,36-37H,17-19H2,1-4H3,(H,33,39)(H,34,38)/t25-,27+,28+/m0/s1. The van der Waals surface area contributed by atoms with Crippen molar-refractivity contribution in [3.05, 3.63) is 101 Å². The zero-order valence-corrected chi connectivity index (χ0v) is 24.6. The molecule has 0 saturated carbocycles. The molecule has 3 aromatic carbocycles. The summed E-state index contributed by atoms with van der Waals surface area (Å²) in [7, 11) is 0. The highest BCUT2D eigenvalue weighted by molar-refractivity contribution is 8.00. The summed E-state index contributed by atoms with van der Waals surface area (Å²) in [5, 5.41) is 27.3. The van der Waals surface area contributed by atoms with E-state index in [0.29, 0.717) is 12.1 Å². The number of aliphatic hydroxyl groups is 1. The molecule has 9 heteroatoms. The number of nitrogens with zero attached hydrogens (tertiary/aromatic N) is 1. The van der Waals surface area contributed by atoms with Crippen LogP contribution in [0.25, 0.3) is 0 Å². The van der Waals surface area contributed by atoms with Crippen molar-refractivity contribution in [1.82, 2.24) is 15.5 Å². The fourth-order valence-corrected chi connectivity index (χ4v) is 6.21. The van der Waals surface area contributed by atoms with E-state index in [9.17, 15) is 24.6 Å². The number of nitrogens with one attached hydrogen (secondary N) is 2. The molecule has 41 heavy (non-hydrogen) atoms. The molecule has 1 aliphatic rings. The van der Waals surface area contributed by atoms with E-state index in [-0.39, 0.29) is 29.5 Å². The summed E-state index contributed by atoms with van der Waals surface area (Å²) in [6.07, 6.45) is -1.43. The van der Waals surface area contributed by atoms with E-state index in [4.69, 9.17) is 0 Å². The first-order chi connectivity index (χ1) is 19.5. The van der Waals surface area contributed by atoms with Gasteiger partial charge in [-0.1, -0.05) is 60.7 Å². The van der Waals surface area contributed by atoms with Gasteiger partial charge in [-0.15, -0.1) is 11.8 Å². The number of aryl methyl sites for hydroxylation is 1. The van der Waals surface area contributed by atoms with E-state index in [0.717, 1.165) is 16.7 Å². The number of thioether (sulfide) groups is 1. The van der Waals surface area contributed by atoms with E-state index in [1.165, 1.54) is 22.7 Å². The van der Waals surface area contributed by atoms with Crippen LogP contribution in [-0.4, -0.2) is 61.6 Å². The number of carbonyl (C=O) groups is 3. The van der Waals surface area contributed by atoms with Crippen LogP contribution in [0.3, 0.4) is 0 Å². The van der Waals surface area contributed by atoms with Gasteiger partial charge in [-0.25, -0.2) is 0 Å². The minimum atomic E-state index is -1.61. The van der Waals surface area contributed by atoms with Crippen LogP contribution in [0.1, 0.15) is 46.5 Å². The Kier molecular flexibility index (Phi) is 9.40. The van der Waals surface area contributed by atoms with Crippen LogP contribution >= 0.6 is 11.8 Å². The number of benzene rings is 3. The van der Waals surface area contributed by atoms with Gasteiger partial charge in [-0.2, -0.15) is 0 Å². The van der Waals surface area contributed by atoms with Gasteiger partial charge in [0.05, 0.1) is 11.9 Å². The monoisotopic (exact) mass is 575 g/mol. The molecule has 0 spiro atoms. The summed E-state index contributed by atoms with van der Waals surface area (Å²) in [4.78, 5) is 42.0. The van der Waals surface area contributed by atoms with Gasteiger partial charge in [-0.05, 0) is 62.9 Å². The van der Waals surface area contributed by atoms with Crippen LogP contribution in [0.15, 0.2) is 72.8 Å². The predicted molar refractivity (Wildman–Crippen MR) is 160 cm³/mol. The van der Waals surface area contributed by atoms with Gasteiger partial charge in [0, 0.05) is 22.4 Å². The molecule has 0 bridgehead atoms. The van der Waals surface area contributed by atoms with Gasteiger partial charge in [0.1, 0.15) is 11.8 Å². The van der Waals surface area contributed by atoms with Crippen LogP contribution in [0.2, 0.25) is 0 Å². The van der Waals surface area contributed by atoms with Crippen molar-refractivity contribution >= 4 is 29.5 Å². The SMILES string of the molecule is Cc1ccccc1CNC(=O)[C@H]1N(C(=O)[C@H](O)[C@H](Cc2ccccc2)NC(=O)c2cccc(O)c2C)CSC1(C)C. The first kappa shape index (κ1) is 30.1. The number of hydrogen-bond donors (Lipinski definition) is 4. The number of aromatic hydroxyl groups is 1. The van der Waals surface area contributed by atoms with Crippen molar-refractivity contribution in [3.63, 3.8) is 0 Å². The lowest BCUT2D eigenvalue weighted by Crippen LogP contribution is -2.58. The highest BCUT2D eigenvalue weighted by atomic mass is 32.2. The third-order valence-electron chi connectivity index (χ3n) is 7.59. The molecule has 8 nitrogen and oxygen atoms in total. The lowest BCUT2D eigenvalue weighted by atomic mass is 9.96. The summed E-state index contributed by atoms with van der Waals surface area (Å²) in [6.45, 7) is 7.74. The van der Waals surface area contributed by atoms with Crippen LogP contribution in [0, 0.1) is 13.8 Å². The van der Waals surface area contributed by atoms with E-state index in [1.54, 1.807) is 19.1 Å². The maximum Gasteiger partial charge on any atom is 0.254 e. The van der Waals surface area contributed by atoms with Gasteiger partial charge < -0.3 is 25.7 Å². The first-order valence-electron chi connectivity index (χ1n) is 13.6. The highest BCUT2D eigenvalue weighted by Crippen LogP contribution is 2.40. The summed E-state index contributed by atoms with van der Waals surface area (Å²) in [5.41, 5.74) is 3.50. The Bertz CT molecular complexity index is 1410. The molecule has 0 unspecified atom stereocenters. The topological polar surface area (TPSA) is 119 Å². The number of hydrogen-bond acceptors (Lipinski definition) is 6. The van der Waals surface area contributed by atoms with Crippen molar-refractivity contribution in [3.8, 4) is 5.75 Å². The lowest BCUT2D eigenvalue weighted by molar-refractivity contribution is -0.147. The second kappa shape index (κ2) is 12.8. The lowest BCUT2D eigenvalue weighted by Gasteiger charge is -2.33. The Labute approximate surface area is 245 Å². The Balaban J connectivity index is 1.56. The number of amides is 3. The number of carbonyl (C=O) groups excluding carboxylic acids is 3. The average Bonchev–Trinajstić information content (AvgIpc) is 3.28. The molecular formula is C32H37N3O5S. The largest absolute Gasteiger partial charge is 0.508 e. The molecule has 0 aromatic heterocycles. The molecule has 1 heterocycles. The minimum absolute atomic E-state index is 0.0234. The zero-order chi connectivity index (χ0) is 29.7. The molecule has 3 aromatic rings. The van der Waals surface area contributed by atoms with Crippen LogP contribution in [0.4, 0.5) is 0 Å². The second-order valence-electron chi connectivity index (χ2n) is 10.9. The molecule has 0 radical (unpaired) electrons. The number of phenols is 1. The molecule has 216 valence electrons. The predicted octanol–water partition coefficient (Wildman–Crippen LogP) is 3.71. The third kappa shape index (κ3) is 6.92. The normalized spacial score (nSPS) is 17.5. The van der Waals surface area contributed by atoms with E-state index in [2.05, 4.69) is 10.6 Å². The Hall–Kier alpha value is -3.82. The zero-order valence-electron chi connectivity index (χ0n) is 23.8. The summed E-state index contributed by atoms with van der Waals surface area (Å²) < 4.78 is -0.595. The quantitative estimate of drug-likeness (QED) is 0.309. The van der Waals surface area contributed by atoms with Crippen molar-refractivity contribution in [2.24, 2.45) is 0 Å². The molecule has 3 amide bonds. The maximum atomic E-state index is 13.8. The molecule has 1 fully saturated rings. The van der Waals surface area contributed by atoms with Crippen LogP contribution in [0.5, 0.6) is 5.75 Å². The Morgan fingerprint density at radius 1 is 1.00 bits per heavy atom. The van der Waals surface area contributed by atoms with E-state index >= 15 is 0 Å². The van der Waals surface area contributed by atoms with Crippen molar-refractivity contribution in [2.75, 3.05) is 5.88 Å². The van der Waals surface area contributed by atoms with Crippen molar-refractivity contribution in [2.45, 2.75) is 63.6 Å². The van der Waals surface area contributed by atoms with Crippen LogP contribution < -0.4 is 10.6 Å². The summed E-state index contributed by atoms with van der Waals surface area (Å²) in [6, 6.07) is 19.9. The maximum absolute atomic E-state index is 13.8. The van der Waals surface area contributed by atoms with E-state index in [1.807, 2.05) is 75.4 Å². The van der Waals surface area contributed by atoms with Crippen molar-refractivity contribution < 1.29 is 24.6 Å². The molecule has 0 aliphatic carbocycles. The Morgan fingerprint density at radius 2 is 1.68 bits per heavy atom. The molecule has 1 saturated heterocycles. The minimum Gasteiger partial charge on any atom is -0.508 e. The molecule has 1 aliphatic heterocycles. The summed E-state index contributed by atoms with van der Waals surface area (Å²) >= 11 is 1.46. The first-order valence-corrected chi connectivity index (χ1v) is 14.6. The van der Waals surface area contributed by atoms with Gasteiger partial charge in [0.15, 0.2) is 6.10 Å². The van der Waals surface area contributed by atoms with Crippen molar-refractivity contribution in [1.29, 1.82) is 0 Å². The third-order valence-corrected chi connectivity index (χ3v) is 8.97. The van der Waals surface area contributed by atoms with Gasteiger partial charge in [-0.3, -0.25) is 14.4 Å². The fraction of sp³-hybridized carbons (Fsp3) is 0.344. The van der Waals surface area contributed by atoms with E-state index < -0.39 is 34.7 Å². The molecule has 4 N–H and O–H groups in total. The number of rotatable bonds is 9. The second-order valence-corrected chi connectivity index (χ2v) is 12.5. The Morgan fingerprint density at radius 3 is 2.39 bits per heavy atom. The summed E-state index contributed by atoms with van der Waals surface area (Å²) in [5.74, 6) is -1.25. The average molecular weight is 576 g/mol. The van der Waals surface area contributed by atoms with Gasteiger partial charge in [0.25, 0.3) is 11.8 Å².